The van der Waals surface area contributed by atoms with Gasteiger partial charge in [0.2, 0.25) is 0 Å². The summed E-state index contributed by atoms with van der Waals surface area (Å²) in [7, 11) is 1.52. The van der Waals surface area contributed by atoms with Crippen molar-refractivity contribution in [2.45, 2.75) is 6.54 Å². The standard InChI is InChI=1S/C11H10Cl2N2O2/c1-16-11-8(2-7(12)3-9(11)13)10-6(4-14)5-15-17-10/h2-3,5H,4,14H2,1H3. The van der Waals surface area contributed by atoms with Crippen LogP contribution in [0.3, 0.4) is 0 Å². The normalized spacial score (nSPS) is 10.6. The molecule has 0 saturated heterocycles. The van der Waals surface area contributed by atoms with Gasteiger partial charge in [0.15, 0.2) is 5.76 Å². The van der Waals surface area contributed by atoms with Crippen molar-refractivity contribution in [1.29, 1.82) is 0 Å². The minimum absolute atomic E-state index is 0.312. The molecule has 1 aromatic carbocycles. The van der Waals surface area contributed by atoms with Gasteiger partial charge in [0.25, 0.3) is 0 Å². The number of ether oxygens (including phenoxy) is 1. The summed E-state index contributed by atoms with van der Waals surface area (Å²) < 4.78 is 10.4. The van der Waals surface area contributed by atoms with Crippen LogP contribution in [-0.2, 0) is 6.54 Å². The largest absolute Gasteiger partial charge is 0.494 e. The summed E-state index contributed by atoms with van der Waals surface area (Å²) in [6.07, 6.45) is 1.56. The van der Waals surface area contributed by atoms with Crippen LogP contribution in [0.1, 0.15) is 5.56 Å². The molecule has 1 aromatic heterocycles. The van der Waals surface area contributed by atoms with E-state index >= 15 is 0 Å². The first kappa shape index (κ1) is 12.2. The summed E-state index contributed by atoms with van der Waals surface area (Å²) in [5, 5.41) is 4.61. The van der Waals surface area contributed by atoms with E-state index in [-0.39, 0.29) is 0 Å². The van der Waals surface area contributed by atoms with Crippen LogP contribution in [0, 0.1) is 0 Å². The molecule has 0 bridgehead atoms. The Hall–Kier alpha value is -1.23. The third-order valence-electron chi connectivity index (χ3n) is 2.32. The van der Waals surface area contributed by atoms with Gasteiger partial charge in [-0.1, -0.05) is 28.4 Å². The number of aromatic nitrogens is 1. The van der Waals surface area contributed by atoms with E-state index in [1.165, 1.54) is 7.11 Å². The fourth-order valence-electron chi connectivity index (χ4n) is 1.56. The lowest BCUT2D eigenvalue weighted by Gasteiger charge is -2.09. The lowest BCUT2D eigenvalue weighted by atomic mass is 10.1. The minimum atomic E-state index is 0.312. The molecule has 0 spiro atoms. The number of hydrogen-bond acceptors (Lipinski definition) is 4. The molecule has 6 heteroatoms. The average molecular weight is 273 g/mol. The second-order valence-electron chi connectivity index (χ2n) is 3.35. The van der Waals surface area contributed by atoms with Crippen molar-refractivity contribution in [1.82, 2.24) is 5.16 Å². The Labute approximate surface area is 108 Å². The molecule has 0 aliphatic heterocycles. The highest BCUT2D eigenvalue weighted by molar-refractivity contribution is 6.36. The number of halogens is 2. The number of nitrogens with zero attached hydrogens (tertiary/aromatic N) is 1. The molecule has 90 valence electrons. The van der Waals surface area contributed by atoms with Crippen molar-refractivity contribution >= 4 is 23.2 Å². The Morgan fingerprint density at radius 1 is 1.41 bits per heavy atom. The van der Waals surface area contributed by atoms with Gasteiger partial charge in [-0.2, -0.15) is 0 Å². The van der Waals surface area contributed by atoms with Crippen LogP contribution in [0.25, 0.3) is 11.3 Å². The Bertz CT molecular complexity index is 540. The van der Waals surface area contributed by atoms with Gasteiger partial charge in [0.05, 0.1) is 23.9 Å². The summed E-state index contributed by atoms with van der Waals surface area (Å²) in [5.74, 6) is 1.01. The summed E-state index contributed by atoms with van der Waals surface area (Å²) in [5.41, 5.74) is 7.00. The second kappa shape index (κ2) is 4.96. The van der Waals surface area contributed by atoms with Gasteiger partial charge in [0.1, 0.15) is 5.75 Å². The lowest BCUT2D eigenvalue weighted by Crippen LogP contribution is -1.97. The van der Waals surface area contributed by atoms with Crippen LogP contribution < -0.4 is 10.5 Å². The fourth-order valence-corrected chi connectivity index (χ4v) is 2.13. The van der Waals surface area contributed by atoms with Crippen molar-refractivity contribution < 1.29 is 9.26 Å². The van der Waals surface area contributed by atoms with Gasteiger partial charge in [-0.15, -0.1) is 0 Å². The maximum atomic E-state index is 6.04. The molecular weight excluding hydrogens is 263 g/mol. The Morgan fingerprint density at radius 3 is 2.82 bits per heavy atom. The topological polar surface area (TPSA) is 61.3 Å². The zero-order chi connectivity index (χ0) is 12.4. The second-order valence-corrected chi connectivity index (χ2v) is 4.20. The van der Waals surface area contributed by atoms with Crippen molar-refractivity contribution in [3.63, 3.8) is 0 Å². The minimum Gasteiger partial charge on any atom is -0.494 e. The van der Waals surface area contributed by atoms with E-state index in [0.29, 0.717) is 33.7 Å². The van der Waals surface area contributed by atoms with Crippen molar-refractivity contribution in [3.05, 3.63) is 33.9 Å². The maximum absolute atomic E-state index is 6.04. The molecule has 0 radical (unpaired) electrons. The zero-order valence-corrected chi connectivity index (χ0v) is 10.5. The van der Waals surface area contributed by atoms with E-state index < -0.39 is 0 Å². The van der Waals surface area contributed by atoms with Crippen LogP contribution in [0.2, 0.25) is 10.0 Å². The number of methoxy groups -OCH3 is 1. The smallest absolute Gasteiger partial charge is 0.175 e. The third kappa shape index (κ3) is 2.24. The summed E-state index contributed by atoms with van der Waals surface area (Å²) in [4.78, 5) is 0. The first-order valence-corrected chi connectivity index (χ1v) is 5.60. The van der Waals surface area contributed by atoms with E-state index in [0.717, 1.165) is 5.56 Å². The Morgan fingerprint density at radius 2 is 2.18 bits per heavy atom. The van der Waals surface area contributed by atoms with E-state index in [4.69, 9.17) is 38.2 Å². The third-order valence-corrected chi connectivity index (χ3v) is 2.82. The molecule has 1 heterocycles. The van der Waals surface area contributed by atoms with Crippen LogP contribution in [-0.4, -0.2) is 12.3 Å². The monoisotopic (exact) mass is 272 g/mol. The molecular formula is C11H10Cl2N2O2. The molecule has 2 N–H and O–H groups in total. The van der Waals surface area contributed by atoms with Crippen LogP contribution in [0.4, 0.5) is 0 Å². The number of nitrogens with two attached hydrogens (primary N) is 1. The fraction of sp³-hybridized carbons (Fsp3) is 0.182. The van der Waals surface area contributed by atoms with Crippen LogP contribution in [0.5, 0.6) is 5.75 Å². The molecule has 17 heavy (non-hydrogen) atoms. The van der Waals surface area contributed by atoms with Gasteiger partial charge < -0.3 is 15.0 Å². The van der Waals surface area contributed by atoms with E-state index in [2.05, 4.69) is 5.16 Å². The summed E-state index contributed by atoms with van der Waals surface area (Å²) >= 11 is 12.0. The SMILES string of the molecule is COc1c(Cl)cc(Cl)cc1-c1oncc1CN. The highest BCUT2D eigenvalue weighted by atomic mass is 35.5. The first-order valence-electron chi connectivity index (χ1n) is 4.84. The van der Waals surface area contributed by atoms with E-state index in [1.807, 2.05) is 0 Å². The number of rotatable bonds is 3. The van der Waals surface area contributed by atoms with E-state index in [9.17, 15) is 0 Å². The summed E-state index contributed by atoms with van der Waals surface area (Å²) in [6, 6.07) is 3.30. The van der Waals surface area contributed by atoms with Crippen molar-refractivity contribution in [3.8, 4) is 17.1 Å². The van der Waals surface area contributed by atoms with Gasteiger partial charge in [-0.25, -0.2) is 0 Å². The lowest BCUT2D eigenvalue weighted by molar-refractivity contribution is 0.406. The molecule has 0 aliphatic carbocycles. The predicted molar refractivity (Wildman–Crippen MR) is 66.4 cm³/mol. The molecule has 0 saturated carbocycles. The molecule has 2 aromatic rings. The molecule has 4 nitrogen and oxygen atoms in total. The van der Waals surface area contributed by atoms with Crippen molar-refractivity contribution in [2.24, 2.45) is 5.73 Å². The van der Waals surface area contributed by atoms with E-state index in [1.54, 1.807) is 18.3 Å². The summed E-state index contributed by atoms with van der Waals surface area (Å²) in [6.45, 7) is 0.312. The van der Waals surface area contributed by atoms with Gasteiger partial charge in [-0.3, -0.25) is 0 Å². The molecule has 0 aliphatic rings. The quantitative estimate of drug-likeness (QED) is 0.933. The molecule has 0 unspecified atom stereocenters. The van der Waals surface area contributed by atoms with Crippen molar-refractivity contribution in [2.75, 3.05) is 7.11 Å². The molecule has 0 atom stereocenters. The molecule has 0 fully saturated rings. The zero-order valence-electron chi connectivity index (χ0n) is 9.04. The van der Waals surface area contributed by atoms with Gasteiger partial charge in [0, 0.05) is 17.1 Å². The highest BCUT2D eigenvalue weighted by Gasteiger charge is 2.18. The Balaban J connectivity index is 2.66. The average Bonchev–Trinajstić information content (AvgIpc) is 2.75. The van der Waals surface area contributed by atoms with Gasteiger partial charge in [-0.05, 0) is 12.1 Å². The predicted octanol–water partition coefficient (Wildman–Crippen LogP) is 3.12. The first-order chi connectivity index (χ1) is 8.17. The highest BCUT2D eigenvalue weighted by Crippen LogP contribution is 2.39. The molecule has 2 rings (SSSR count). The van der Waals surface area contributed by atoms with Gasteiger partial charge >= 0.3 is 0 Å². The number of hydrogen-bond donors (Lipinski definition) is 1. The maximum Gasteiger partial charge on any atom is 0.175 e. The molecule has 0 amide bonds. The van der Waals surface area contributed by atoms with Crippen LogP contribution in [0.15, 0.2) is 22.9 Å². The number of benzene rings is 1. The Kier molecular flexibility index (Phi) is 3.57. The van der Waals surface area contributed by atoms with Crippen LogP contribution >= 0.6 is 23.2 Å².